The molecule has 0 radical (unpaired) electrons. The number of carbonyl (C=O) groups is 1. The van der Waals surface area contributed by atoms with Crippen LogP contribution in [0.1, 0.15) is 23.6 Å². The van der Waals surface area contributed by atoms with Gasteiger partial charge in [0.15, 0.2) is 0 Å². The third-order valence-electron chi connectivity index (χ3n) is 5.59. The number of hydrogen-bond donors (Lipinski definition) is 0. The van der Waals surface area contributed by atoms with Gasteiger partial charge in [-0.05, 0) is 41.3 Å². The second-order valence-corrected chi connectivity index (χ2v) is 8.47. The number of rotatable bonds is 3. The number of benzene rings is 1. The molecule has 0 saturated carbocycles. The quantitative estimate of drug-likeness (QED) is 0.799. The third kappa shape index (κ3) is 2.72. The van der Waals surface area contributed by atoms with E-state index in [1.807, 2.05) is 25.1 Å². The van der Waals surface area contributed by atoms with Crippen LogP contribution in [0.15, 0.2) is 40.8 Å². The van der Waals surface area contributed by atoms with Gasteiger partial charge in [0.05, 0.1) is 38.5 Å². The van der Waals surface area contributed by atoms with Crippen molar-refractivity contribution in [1.29, 1.82) is 0 Å². The third-order valence-corrected chi connectivity index (χ3v) is 6.77. The first-order chi connectivity index (χ1) is 13.1. The van der Waals surface area contributed by atoms with Crippen LogP contribution in [0.4, 0.5) is 0 Å². The second-order valence-electron chi connectivity index (χ2n) is 7.25. The molecule has 1 amide bonds. The minimum Gasteiger partial charge on any atom is -0.381 e. The molecule has 1 aromatic carbocycles. The maximum atomic E-state index is 13.1. The zero-order chi connectivity index (χ0) is 18.5. The van der Waals surface area contributed by atoms with Gasteiger partial charge in [-0.15, -0.1) is 0 Å². The molecule has 0 spiro atoms. The van der Waals surface area contributed by atoms with Crippen molar-refractivity contribution in [2.24, 2.45) is 10.9 Å². The van der Waals surface area contributed by atoms with Crippen LogP contribution < -0.4 is 0 Å². The molecule has 4 aliphatic rings. The van der Waals surface area contributed by atoms with Gasteiger partial charge in [0.25, 0.3) is 5.91 Å². The summed E-state index contributed by atoms with van der Waals surface area (Å²) in [7, 11) is -1.45. The number of carbonyl (C=O) groups excluding carboxylic acids is 1. The highest BCUT2D eigenvalue weighted by atomic mass is 32.2. The van der Waals surface area contributed by atoms with Crippen LogP contribution in [0.2, 0.25) is 0 Å². The number of aliphatic imine (C=N–C) groups is 1. The van der Waals surface area contributed by atoms with Crippen LogP contribution in [0, 0.1) is 5.92 Å². The highest BCUT2D eigenvalue weighted by Gasteiger charge is 2.41. The highest BCUT2D eigenvalue weighted by molar-refractivity contribution is 7.86. The van der Waals surface area contributed by atoms with Crippen molar-refractivity contribution in [3.63, 3.8) is 0 Å². The molecule has 0 aliphatic carbocycles. The van der Waals surface area contributed by atoms with Gasteiger partial charge in [-0.25, -0.2) is 8.51 Å². The summed E-state index contributed by atoms with van der Waals surface area (Å²) in [5.41, 5.74) is 4.85. The van der Waals surface area contributed by atoms with E-state index in [0.29, 0.717) is 32.1 Å². The fourth-order valence-electron chi connectivity index (χ4n) is 4.02. The molecule has 1 saturated heterocycles. The zero-order valence-corrected chi connectivity index (χ0v) is 15.8. The summed E-state index contributed by atoms with van der Waals surface area (Å²) in [6, 6.07) is 5.84. The fourth-order valence-corrected chi connectivity index (χ4v) is 5.18. The van der Waals surface area contributed by atoms with Gasteiger partial charge in [0.2, 0.25) is 0 Å². The van der Waals surface area contributed by atoms with Crippen LogP contribution in [0.3, 0.4) is 0 Å². The van der Waals surface area contributed by atoms with Crippen molar-refractivity contribution in [1.82, 2.24) is 4.31 Å². The van der Waals surface area contributed by atoms with Gasteiger partial charge in [-0.3, -0.25) is 9.79 Å². The van der Waals surface area contributed by atoms with Gasteiger partial charge in [-0.2, -0.15) is 0 Å². The standard InChI is InChI=1S/C20H20N2O4S/c1-12-16(15-4-2-3-13-8-26-11-17(13)15)7-18(21-12)20(23)22-19(5-6-27(22)24)14-9-25-10-14/h2-7,12,14,19H,8-11H2,1H3/t12-,19?,27?/m1/s1. The minimum atomic E-state index is -1.45. The molecule has 4 aliphatic heterocycles. The molecule has 2 unspecified atom stereocenters. The van der Waals surface area contributed by atoms with E-state index in [1.165, 1.54) is 15.4 Å². The number of amides is 1. The van der Waals surface area contributed by atoms with Gasteiger partial charge in [0, 0.05) is 11.3 Å². The van der Waals surface area contributed by atoms with Crippen molar-refractivity contribution in [3.05, 3.63) is 52.4 Å². The molecule has 0 aromatic heterocycles. The first-order valence-electron chi connectivity index (χ1n) is 9.12. The fraction of sp³-hybridized carbons (Fsp3) is 0.400. The average Bonchev–Trinajstić information content (AvgIpc) is 3.31. The first kappa shape index (κ1) is 17.0. The lowest BCUT2D eigenvalue weighted by Crippen LogP contribution is -2.49. The lowest BCUT2D eigenvalue weighted by molar-refractivity contribution is -0.123. The van der Waals surface area contributed by atoms with E-state index in [0.717, 1.165) is 11.1 Å². The normalized spacial score (nSPS) is 29.5. The molecular weight excluding hydrogens is 364 g/mol. The van der Waals surface area contributed by atoms with Gasteiger partial charge < -0.3 is 9.47 Å². The molecule has 6 nitrogen and oxygen atoms in total. The van der Waals surface area contributed by atoms with Crippen molar-refractivity contribution in [2.45, 2.75) is 32.2 Å². The van der Waals surface area contributed by atoms with Crippen LogP contribution in [-0.2, 0) is 38.5 Å². The molecular formula is C20H20N2O4S. The highest BCUT2D eigenvalue weighted by Crippen LogP contribution is 2.34. The Bertz CT molecular complexity index is 932. The topological polar surface area (TPSA) is 68.2 Å². The van der Waals surface area contributed by atoms with E-state index < -0.39 is 11.0 Å². The van der Waals surface area contributed by atoms with E-state index >= 15 is 0 Å². The molecule has 3 atom stereocenters. The molecule has 5 rings (SSSR count). The Morgan fingerprint density at radius 3 is 2.89 bits per heavy atom. The predicted octanol–water partition coefficient (Wildman–Crippen LogP) is 1.98. The van der Waals surface area contributed by atoms with Gasteiger partial charge in [0.1, 0.15) is 16.7 Å². The van der Waals surface area contributed by atoms with Crippen molar-refractivity contribution in [3.8, 4) is 0 Å². The Kier molecular flexibility index (Phi) is 4.11. The Morgan fingerprint density at radius 2 is 2.11 bits per heavy atom. The number of fused-ring (bicyclic) bond motifs is 1. The van der Waals surface area contributed by atoms with Gasteiger partial charge >= 0.3 is 0 Å². The lowest BCUT2D eigenvalue weighted by Gasteiger charge is -2.35. The maximum Gasteiger partial charge on any atom is 0.284 e. The van der Waals surface area contributed by atoms with Crippen molar-refractivity contribution < 1.29 is 18.5 Å². The maximum absolute atomic E-state index is 13.1. The molecule has 140 valence electrons. The SMILES string of the molecule is C[C@H]1N=C(C(=O)N2C(C3COC3)C=CS2=O)C=C1c1cccc2c1COC2. The molecule has 0 N–H and O–H groups in total. The van der Waals surface area contributed by atoms with E-state index in [2.05, 4.69) is 17.1 Å². The minimum absolute atomic E-state index is 0.120. The van der Waals surface area contributed by atoms with E-state index in [9.17, 15) is 9.00 Å². The van der Waals surface area contributed by atoms with Crippen LogP contribution in [-0.4, -0.2) is 45.4 Å². The largest absolute Gasteiger partial charge is 0.381 e. The number of ether oxygens (including phenoxy) is 2. The summed E-state index contributed by atoms with van der Waals surface area (Å²) in [5, 5.41) is 1.59. The summed E-state index contributed by atoms with van der Waals surface area (Å²) < 4.78 is 24.7. The summed E-state index contributed by atoms with van der Waals surface area (Å²) in [6.07, 6.45) is 3.71. The van der Waals surface area contributed by atoms with Crippen LogP contribution >= 0.6 is 0 Å². The summed E-state index contributed by atoms with van der Waals surface area (Å²) >= 11 is 0. The molecule has 1 aromatic rings. The Morgan fingerprint density at radius 1 is 1.26 bits per heavy atom. The monoisotopic (exact) mass is 384 g/mol. The number of hydrogen-bond acceptors (Lipinski definition) is 5. The lowest BCUT2D eigenvalue weighted by atomic mass is 9.93. The van der Waals surface area contributed by atoms with Crippen molar-refractivity contribution in [2.75, 3.05) is 13.2 Å². The first-order valence-corrected chi connectivity index (χ1v) is 10.3. The summed E-state index contributed by atoms with van der Waals surface area (Å²) in [6.45, 7) is 4.38. The van der Waals surface area contributed by atoms with Crippen molar-refractivity contribution >= 4 is 28.2 Å². The smallest absolute Gasteiger partial charge is 0.284 e. The van der Waals surface area contributed by atoms with E-state index in [-0.39, 0.29) is 23.9 Å². The summed E-state index contributed by atoms with van der Waals surface area (Å²) in [4.78, 5) is 17.7. The molecule has 27 heavy (non-hydrogen) atoms. The molecule has 0 bridgehead atoms. The zero-order valence-electron chi connectivity index (χ0n) is 15.0. The van der Waals surface area contributed by atoms with E-state index in [1.54, 1.807) is 5.41 Å². The molecule has 4 heterocycles. The van der Waals surface area contributed by atoms with E-state index in [4.69, 9.17) is 9.47 Å². The van der Waals surface area contributed by atoms with Gasteiger partial charge in [-0.1, -0.05) is 18.2 Å². The van der Waals surface area contributed by atoms with Crippen LogP contribution in [0.25, 0.3) is 5.57 Å². The molecule has 7 heteroatoms. The number of nitrogens with zero attached hydrogens (tertiary/aromatic N) is 2. The second kappa shape index (κ2) is 6.51. The average molecular weight is 384 g/mol. The molecule has 1 fully saturated rings. The Hall–Kier alpha value is -2.09. The Balaban J connectivity index is 1.44. The predicted molar refractivity (Wildman–Crippen MR) is 102 cm³/mol. The van der Waals surface area contributed by atoms with Crippen LogP contribution in [0.5, 0.6) is 0 Å². The summed E-state index contributed by atoms with van der Waals surface area (Å²) in [5.74, 6) is -0.0741. The Labute approximate surface area is 160 Å².